The van der Waals surface area contributed by atoms with Gasteiger partial charge in [0.1, 0.15) is 0 Å². The number of pyridine rings is 1. The van der Waals surface area contributed by atoms with Gasteiger partial charge < -0.3 is 9.88 Å². The first-order valence-corrected chi connectivity index (χ1v) is 8.51. The van der Waals surface area contributed by atoms with E-state index in [0.717, 1.165) is 31.4 Å². The minimum atomic E-state index is 0.223. The van der Waals surface area contributed by atoms with Crippen LogP contribution in [0.15, 0.2) is 10.9 Å². The molecule has 0 fully saturated rings. The lowest BCUT2D eigenvalue weighted by atomic mass is 9.93. The molecule has 0 radical (unpaired) electrons. The average molecular weight is 290 g/mol. The smallest absolute Gasteiger partial charge is 0.255 e. The third-order valence-corrected chi connectivity index (χ3v) is 4.51. The molecule has 2 rings (SSSR count). The van der Waals surface area contributed by atoms with Gasteiger partial charge in [0, 0.05) is 23.8 Å². The Labute approximate surface area is 128 Å². The van der Waals surface area contributed by atoms with Crippen LogP contribution in [0.3, 0.4) is 0 Å². The van der Waals surface area contributed by atoms with Crippen molar-refractivity contribution in [1.82, 2.24) is 9.88 Å². The summed E-state index contributed by atoms with van der Waals surface area (Å²) in [5, 5.41) is 3.42. The van der Waals surface area contributed by atoms with Crippen LogP contribution in [0.4, 0.5) is 0 Å². The molecule has 1 unspecified atom stereocenters. The second kappa shape index (κ2) is 7.26. The quantitative estimate of drug-likeness (QED) is 0.871. The van der Waals surface area contributed by atoms with Crippen LogP contribution in [0.5, 0.6) is 0 Å². The van der Waals surface area contributed by atoms with Crippen molar-refractivity contribution in [3.05, 3.63) is 33.2 Å². The number of aromatic nitrogens is 1. The van der Waals surface area contributed by atoms with E-state index in [1.54, 1.807) is 0 Å². The van der Waals surface area contributed by atoms with Crippen LogP contribution in [0.1, 0.15) is 69.8 Å². The monoisotopic (exact) mass is 290 g/mol. The van der Waals surface area contributed by atoms with Gasteiger partial charge in [-0.25, -0.2) is 0 Å². The maximum Gasteiger partial charge on any atom is 0.255 e. The van der Waals surface area contributed by atoms with E-state index in [9.17, 15) is 4.79 Å². The fraction of sp³-hybridized carbons (Fsp3) is 0.722. The van der Waals surface area contributed by atoms with Crippen molar-refractivity contribution in [2.24, 2.45) is 5.92 Å². The van der Waals surface area contributed by atoms with Crippen molar-refractivity contribution in [1.29, 1.82) is 0 Å². The molecule has 0 bridgehead atoms. The highest BCUT2D eigenvalue weighted by molar-refractivity contribution is 5.29. The van der Waals surface area contributed by atoms with Crippen molar-refractivity contribution in [3.8, 4) is 0 Å². The van der Waals surface area contributed by atoms with Crippen LogP contribution in [-0.2, 0) is 19.4 Å². The van der Waals surface area contributed by atoms with Gasteiger partial charge in [0.05, 0.1) is 0 Å². The van der Waals surface area contributed by atoms with Crippen LogP contribution in [0, 0.1) is 5.92 Å². The average Bonchev–Trinajstić information content (AvgIpc) is 2.47. The maximum absolute atomic E-state index is 12.8. The molecular formula is C18H30N2O. The van der Waals surface area contributed by atoms with Crippen LogP contribution in [0.2, 0.25) is 0 Å². The Morgan fingerprint density at radius 2 is 1.95 bits per heavy atom. The van der Waals surface area contributed by atoms with Crippen molar-refractivity contribution in [2.75, 3.05) is 6.54 Å². The Morgan fingerprint density at radius 3 is 2.62 bits per heavy atom. The Hall–Kier alpha value is -1.09. The van der Waals surface area contributed by atoms with Crippen molar-refractivity contribution in [2.45, 2.75) is 72.4 Å². The number of fused-ring (bicyclic) bond motifs is 1. The molecule has 1 aromatic heterocycles. The molecule has 1 aliphatic rings. The van der Waals surface area contributed by atoms with E-state index in [1.165, 1.54) is 24.1 Å². The molecule has 21 heavy (non-hydrogen) atoms. The first-order chi connectivity index (χ1) is 10.0. The van der Waals surface area contributed by atoms with Crippen molar-refractivity contribution < 1.29 is 0 Å². The summed E-state index contributed by atoms with van der Waals surface area (Å²) < 4.78 is 2.08. The molecular weight excluding hydrogens is 260 g/mol. The van der Waals surface area contributed by atoms with E-state index in [-0.39, 0.29) is 5.56 Å². The number of hydrogen-bond donors (Lipinski definition) is 1. The van der Waals surface area contributed by atoms with Crippen LogP contribution >= 0.6 is 0 Å². The molecule has 1 heterocycles. The Bertz CT molecular complexity index is 531. The van der Waals surface area contributed by atoms with Crippen molar-refractivity contribution >= 4 is 0 Å². The third kappa shape index (κ3) is 3.76. The first-order valence-electron chi connectivity index (χ1n) is 8.51. The predicted molar refractivity (Wildman–Crippen MR) is 88.9 cm³/mol. The highest BCUT2D eigenvalue weighted by Crippen LogP contribution is 2.24. The van der Waals surface area contributed by atoms with Gasteiger partial charge in [-0.3, -0.25) is 4.79 Å². The molecule has 3 heteroatoms. The summed E-state index contributed by atoms with van der Waals surface area (Å²) in [6, 6.07) is 2.47. The lowest BCUT2D eigenvalue weighted by Crippen LogP contribution is -2.34. The summed E-state index contributed by atoms with van der Waals surface area (Å²) >= 11 is 0. The van der Waals surface area contributed by atoms with Gasteiger partial charge in [-0.1, -0.05) is 20.8 Å². The standard InChI is InChI=1S/C18H30N2O/c1-5-14(4)20-17-9-7-6-8-15(17)10-16(18(20)21)12-19-11-13(2)3/h10,13-14,19H,5-9,11-12H2,1-4H3. The summed E-state index contributed by atoms with van der Waals surface area (Å²) in [5.41, 5.74) is 3.87. The molecule has 0 amide bonds. The molecule has 1 N–H and O–H groups in total. The minimum absolute atomic E-state index is 0.223. The SMILES string of the molecule is CCC(C)n1c2c(cc(CNCC(C)C)c1=O)CCCC2. The van der Waals surface area contributed by atoms with Gasteiger partial charge >= 0.3 is 0 Å². The van der Waals surface area contributed by atoms with E-state index in [2.05, 4.69) is 43.6 Å². The van der Waals surface area contributed by atoms with Crippen molar-refractivity contribution in [3.63, 3.8) is 0 Å². The highest BCUT2D eigenvalue weighted by Gasteiger charge is 2.19. The molecule has 1 aliphatic carbocycles. The zero-order valence-corrected chi connectivity index (χ0v) is 14.0. The largest absolute Gasteiger partial charge is 0.312 e. The normalized spacial score (nSPS) is 16.0. The lowest BCUT2D eigenvalue weighted by Gasteiger charge is -2.26. The summed E-state index contributed by atoms with van der Waals surface area (Å²) in [7, 11) is 0. The highest BCUT2D eigenvalue weighted by atomic mass is 16.1. The molecule has 0 saturated heterocycles. The topological polar surface area (TPSA) is 34.0 Å². The van der Waals surface area contributed by atoms with Gasteiger partial charge in [-0.05, 0) is 63.1 Å². The molecule has 0 spiro atoms. The number of nitrogens with zero attached hydrogens (tertiary/aromatic N) is 1. The Morgan fingerprint density at radius 1 is 1.24 bits per heavy atom. The molecule has 0 aromatic carbocycles. The second-order valence-electron chi connectivity index (χ2n) is 6.81. The number of nitrogens with one attached hydrogen (secondary N) is 1. The zero-order chi connectivity index (χ0) is 15.4. The number of rotatable bonds is 6. The van der Waals surface area contributed by atoms with Gasteiger partial charge in [0.2, 0.25) is 0 Å². The second-order valence-corrected chi connectivity index (χ2v) is 6.81. The summed E-state index contributed by atoms with van der Waals surface area (Å²) in [5.74, 6) is 0.611. The zero-order valence-electron chi connectivity index (χ0n) is 14.0. The van der Waals surface area contributed by atoms with E-state index in [4.69, 9.17) is 0 Å². The van der Waals surface area contributed by atoms with E-state index < -0.39 is 0 Å². The van der Waals surface area contributed by atoms with E-state index in [0.29, 0.717) is 18.5 Å². The third-order valence-electron chi connectivity index (χ3n) is 4.51. The fourth-order valence-corrected chi connectivity index (χ4v) is 3.16. The Kier molecular flexibility index (Phi) is 5.63. The molecule has 3 nitrogen and oxygen atoms in total. The van der Waals surface area contributed by atoms with Gasteiger partial charge in [-0.2, -0.15) is 0 Å². The lowest BCUT2D eigenvalue weighted by molar-refractivity contribution is 0.468. The van der Waals surface area contributed by atoms with Crippen LogP contribution in [0.25, 0.3) is 0 Å². The number of hydrogen-bond acceptors (Lipinski definition) is 2. The van der Waals surface area contributed by atoms with E-state index >= 15 is 0 Å². The number of aryl methyl sites for hydroxylation is 1. The van der Waals surface area contributed by atoms with Crippen LogP contribution < -0.4 is 10.9 Å². The predicted octanol–water partition coefficient (Wildman–Crippen LogP) is 3.44. The molecule has 1 atom stereocenters. The van der Waals surface area contributed by atoms with E-state index in [1.807, 2.05) is 0 Å². The van der Waals surface area contributed by atoms with Crippen LogP contribution in [-0.4, -0.2) is 11.1 Å². The fourth-order valence-electron chi connectivity index (χ4n) is 3.16. The molecule has 0 aliphatic heterocycles. The van der Waals surface area contributed by atoms with Gasteiger partial charge in [0.15, 0.2) is 0 Å². The summed E-state index contributed by atoms with van der Waals surface area (Å²) in [6.07, 6.45) is 5.67. The van der Waals surface area contributed by atoms with Gasteiger partial charge in [0.25, 0.3) is 5.56 Å². The van der Waals surface area contributed by atoms with Gasteiger partial charge in [-0.15, -0.1) is 0 Å². The summed E-state index contributed by atoms with van der Waals surface area (Å²) in [4.78, 5) is 12.8. The first kappa shape index (κ1) is 16.3. The maximum atomic E-state index is 12.8. The molecule has 1 aromatic rings. The minimum Gasteiger partial charge on any atom is -0.312 e. The summed E-state index contributed by atoms with van der Waals surface area (Å²) in [6.45, 7) is 10.4. The molecule has 118 valence electrons. The Balaban J connectivity index is 2.35. The molecule has 0 saturated carbocycles.